The van der Waals surface area contributed by atoms with Gasteiger partial charge in [-0.3, -0.25) is 14.6 Å². The van der Waals surface area contributed by atoms with Crippen molar-refractivity contribution in [2.75, 3.05) is 34.4 Å². The molecule has 0 bridgehead atoms. The van der Waals surface area contributed by atoms with E-state index >= 15 is 0 Å². The fourth-order valence-corrected chi connectivity index (χ4v) is 3.29. The second-order valence-corrected chi connectivity index (χ2v) is 6.54. The number of likely N-dealkylation sites (tertiary alicyclic amines) is 1. The number of hydrogen-bond acceptors (Lipinski definition) is 7. The highest BCUT2D eigenvalue weighted by molar-refractivity contribution is 5.96. The molecular weight excluding hydrogens is 376 g/mol. The first-order valence-electron chi connectivity index (χ1n) is 9.23. The topological polar surface area (TPSA) is 103 Å². The first-order valence-corrected chi connectivity index (χ1v) is 9.23. The van der Waals surface area contributed by atoms with Crippen LogP contribution in [0.15, 0.2) is 30.7 Å². The fourth-order valence-electron chi connectivity index (χ4n) is 3.29. The van der Waals surface area contributed by atoms with E-state index in [9.17, 15) is 9.59 Å². The predicted molar refractivity (Wildman–Crippen MR) is 105 cm³/mol. The second-order valence-electron chi connectivity index (χ2n) is 6.54. The third-order valence-electron chi connectivity index (χ3n) is 4.82. The highest BCUT2D eigenvalue weighted by Crippen LogP contribution is 2.38. The molecule has 2 amide bonds. The number of piperidine rings is 1. The van der Waals surface area contributed by atoms with Crippen LogP contribution in [0, 0.1) is 0 Å². The molecule has 1 aliphatic heterocycles. The van der Waals surface area contributed by atoms with Crippen molar-refractivity contribution in [1.82, 2.24) is 20.2 Å². The second kappa shape index (κ2) is 9.22. The Balaban J connectivity index is 1.63. The SMILES string of the molecule is COc1cc(C(=O)N2CCC(NC(=O)c3cnccn3)CC2)cc(OC)c1OC. The summed E-state index contributed by atoms with van der Waals surface area (Å²) >= 11 is 0. The average Bonchev–Trinajstić information content (AvgIpc) is 2.78. The summed E-state index contributed by atoms with van der Waals surface area (Å²) in [4.78, 5) is 34.8. The number of nitrogens with zero attached hydrogens (tertiary/aromatic N) is 3. The predicted octanol–water partition coefficient (Wildman–Crippen LogP) is 1.54. The Morgan fingerprint density at radius 3 is 2.21 bits per heavy atom. The minimum atomic E-state index is -0.257. The number of rotatable bonds is 6. The first kappa shape index (κ1) is 20.4. The van der Waals surface area contributed by atoms with Gasteiger partial charge in [-0.25, -0.2) is 4.98 Å². The molecule has 1 saturated heterocycles. The molecule has 1 fully saturated rings. The zero-order valence-corrected chi connectivity index (χ0v) is 16.7. The molecule has 1 aliphatic rings. The normalized spacial score (nSPS) is 14.2. The van der Waals surface area contributed by atoms with E-state index in [-0.39, 0.29) is 23.6 Å². The Kier molecular flexibility index (Phi) is 6.48. The van der Waals surface area contributed by atoms with Crippen LogP contribution in [-0.2, 0) is 0 Å². The van der Waals surface area contributed by atoms with Crippen molar-refractivity contribution >= 4 is 11.8 Å². The third-order valence-corrected chi connectivity index (χ3v) is 4.82. The number of benzene rings is 1. The zero-order valence-electron chi connectivity index (χ0n) is 16.7. The Morgan fingerprint density at radius 2 is 1.69 bits per heavy atom. The van der Waals surface area contributed by atoms with Gasteiger partial charge in [0.1, 0.15) is 5.69 Å². The molecular formula is C20H24N4O5. The largest absolute Gasteiger partial charge is 0.493 e. The summed E-state index contributed by atoms with van der Waals surface area (Å²) in [5.74, 6) is 0.926. The lowest BCUT2D eigenvalue weighted by atomic mass is 10.0. The summed E-state index contributed by atoms with van der Waals surface area (Å²) in [5.41, 5.74) is 0.741. The van der Waals surface area contributed by atoms with Crippen LogP contribution in [0.1, 0.15) is 33.7 Å². The lowest BCUT2D eigenvalue weighted by Crippen LogP contribution is -2.46. The minimum Gasteiger partial charge on any atom is -0.493 e. The molecule has 0 radical (unpaired) electrons. The smallest absolute Gasteiger partial charge is 0.271 e. The number of hydrogen-bond donors (Lipinski definition) is 1. The van der Waals surface area contributed by atoms with Crippen LogP contribution in [-0.4, -0.2) is 67.1 Å². The molecule has 0 saturated carbocycles. The summed E-state index contributed by atoms with van der Waals surface area (Å²) in [6, 6.07) is 3.27. The molecule has 1 aromatic carbocycles. The summed E-state index contributed by atoms with van der Waals surface area (Å²) in [6.07, 6.45) is 5.74. The van der Waals surface area contributed by atoms with Crippen LogP contribution < -0.4 is 19.5 Å². The van der Waals surface area contributed by atoms with E-state index in [1.54, 1.807) is 17.0 Å². The maximum atomic E-state index is 13.0. The van der Waals surface area contributed by atoms with Gasteiger partial charge in [-0.2, -0.15) is 0 Å². The van der Waals surface area contributed by atoms with E-state index < -0.39 is 0 Å². The van der Waals surface area contributed by atoms with Crippen molar-refractivity contribution < 1.29 is 23.8 Å². The van der Waals surface area contributed by atoms with Gasteiger partial charge in [0.2, 0.25) is 5.75 Å². The van der Waals surface area contributed by atoms with Crippen molar-refractivity contribution in [3.05, 3.63) is 42.0 Å². The van der Waals surface area contributed by atoms with E-state index in [4.69, 9.17) is 14.2 Å². The van der Waals surface area contributed by atoms with Gasteiger partial charge < -0.3 is 24.4 Å². The first-order chi connectivity index (χ1) is 14.1. The molecule has 0 atom stereocenters. The van der Waals surface area contributed by atoms with Gasteiger partial charge in [0.05, 0.1) is 27.5 Å². The van der Waals surface area contributed by atoms with Gasteiger partial charge >= 0.3 is 0 Å². The average molecular weight is 400 g/mol. The van der Waals surface area contributed by atoms with Crippen molar-refractivity contribution in [3.63, 3.8) is 0 Å². The summed E-state index contributed by atoms with van der Waals surface area (Å²) in [6.45, 7) is 1.06. The van der Waals surface area contributed by atoms with Crippen molar-refractivity contribution in [3.8, 4) is 17.2 Å². The number of carbonyl (C=O) groups excluding carboxylic acids is 2. The van der Waals surface area contributed by atoms with Crippen LogP contribution in [0.25, 0.3) is 0 Å². The zero-order chi connectivity index (χ0) is 20.8. The summed E-state index contributed by atoms with van der Waals surface area (Å²) < 4.78 is 16.0. The molecule has 1 N–H and O–H groups in total. The van der Waals surface area contributed by atoms with Crippen LogP contribution >= 0.6 is 0 Å². The van der Waals surface area contributed by atoms with E-state index in [0.717, 1.165) is 0 Å². The number of amides is 2. The molecule has 0 spiro atoms. The van der Waals surface area contributed by atoms with E-state index in [2.05, 4.69) is 15.3 Å². The maximum absolute atomic E-state index is 13.0. The molecule has 0 aliphatic carbocycles. The van der Waals surface area contributed by atoms with Gasteiger partial charge in [0, 0.05) is 37.1 Å². The Hall–Kier alpha value is -3.36. The highest BCUT2D eigenvalue weighted by Gasteiger charge is 2.26. The molecule has 9 heteroatoms. The number of nitrogens with one attached hydrogen (secondary N) is 1. The van der Waals surface area contributed by atoms with E-state index in [0.29, 0.717) is 48.7 Å². The fraction of sp³-hybridized carbons (Fsp3) is 0.400. The van der Waals surface area contributed by atoms with Crippen LogP contribution in [0.3, 0.4) is 0 Å². The van der Waals surface area contributed by atoms with Crippen molar-refractivity contribution in [1.29, 1.82) is 0 Å². The molecule has 2 aromatic rings. The highest BCUT2D eigenvalue weighted by atomic mass is 16.5. The Morgan fingerprint density at radius 1 is 1.03 bits per heavy atom. The van der Waals surface area contributed by atoms with Gasteiger partial charge in [0.25, 0.3) is 11.8 Å². The monoisotopic (exact) mass is 400 g/mol. The molecule has 3 rings (SSSR count). The minimum absolute atomic E-state index is 0.0199. The Bertz CT molecular complexity index is 841. The van der Waals surface area contributed by atoms with Gasteiger partial charge in [-0.1, -0.05) is 0 Å². The van der Waals surface area contributed by atoms with Crippen LogP contribution in [0.4, 0.5) is 0 Å². The van der Waals surface area contributed by atoms with Crippen LogP contribution in [0.5, 0.6) is 17.2 Å². The molecule has 29 heavy (non-hydrogen) atoms. The third kappa shape index (κ3) is 4.56. The Labute approximate surface area is 169 Å². The van der Waals surface area contributed by atoms with Crippen molar-refractivity contribution in [2.24, 2.45) is 0 Å². The van der Waals surface area contributed by atoms with Crippen LogP contribution in [0.2, 0.25) is 0 Å². The maximum Gasteiger partial charge on any atom is 0.271 e. The molecule has 2 heterocycles. The number of aromatic nitrogens is 2. The summed E-state index contributed by atoms with van der Waals surface area (Å²) in [5, 5.41) is 2.95. The lowest BCUT2D eigenvalue weighted by Gasteiger charge is -2.32. The van der Waals surface area contributed by atoms with Gasteiger partial charge in [0.15, 0.2) is 11.5 Å². The van der Waals surface area contributed by atoms with Gasteiger partial charge in [-0.15, -0.1) is 0 Å². The summed E-state index contributed by atoms with van der Waals surface area (Å²) in [7, 11) is 4.54. The number of carbonyl (C=O) groups is 2. The van der Waals surface area contributed by atoms with Crippen molar-refractivity contribution in [2.45, 2.75) is 18.9 Å². The number of ether oxygens (including phenoxy) is 3. The number of methoxy groups -OCH3 is 3. The van der Waals surface area contributed by atoms with E-state index in [1.165, 1.54) is 39.9 Å². The molecule has 1 aromatic heterocycles. The molecule has 9 nitrogen and oxygen atoms in total. The lowest BCUT2D eigenvalue weighted by molar-refractivity contribution is 0.0697. The molecule has 154 valence electrons. The quantitative estimate of drug-likeness (QED) is 0.784. The van der Waals surface area contributed by atoms with E-state index in [1.807, 2.05) is 0 Å². The standard InChI is InChI=1S/C20H24N4O5/c1-27-16-10-13(11-17(28-2)18(16)29-3)20(26)24-8-4-14(5-9-24)23-19(25)15-12-21-6-7-22-15/h6-7,10-12,14H,4-5,8-9H2,1-3H3,(H,23,25). The van der Waals surface area contributed by atoms with Gasteiger partial charge in [-0.05, 0) is 25.0 Å². The molecule has 0 unspecified atom stereocenters.